The Hall–Kier alpha value is -1.35. The van der Waals surface area contributed by atoms with Gasteiger partial charge in [-0.3, -0.25) is 0 Å². The first-order valence-corrected chi connectivity index (χ1v) is 10.0. The van der Waals surface area contributed by atoms with E-state index >= 15 is 0 Å². The summed E-state index contributed by atoms with van der Waals surface area (Å²) in [6.07, 6.45) is 10.8. The number of aromatic carboxylic acids is 1. The van der Waals surface area contributed by atoms with Gasteiger partial charge in [-0.05, 0) is 91.9 Å². The van der Waals surface area contributed by atoms with Gasteiger partial charge in [-0.15, -0.1) is 0 Å². The Labute approximate surface area is 150 Å². The molecule has 3 nitrogen and oxygen atoms in total. The number of carboxylic acid groups (broad SMARTS) is 1. The molecule has 0 spiro atoms. The third-order valence-corrected chi connectivity index (χ3v) is 7.33. The topological polar surface area (TPSA) is 57.5 Å². The third-order valence-electron chi connectivity index (χ3n) is 7.33. The van der Waals surface area contributed by atoms with Crippen LogP contribution in [0.4, 0.5) is 0 Å². The smallest absolute Gasteiger partial charge is 0.335 e. The largest absolute Gasteiger partial charge is 0.478 e. The molecule has 0 aliphatic heterocycles. The number of aliphatic hydroxyl groups is 1. The van der Waals surface area contributed by atoms with Crippen molar-refractivity contribution in [2.45, 2.75) is 82.1 Å². The standard InChI is InChI=1S/C22H30O3/c1-2-22-11-10-21(25,13-15-6-7-15)14-18(22)5-3-4-16-12-17(20(23)24)8-9-19(16)22/h8-9,12,15,18,25H,2-7,10-11,13-14H2,1H3,(H,23,24)/t18-,21-,22+/m0/s1. The fourth-order valence-electron chi connectivity index (χ4n) is 5.81. The van der Waals surface area contributed by atoms with Gasteiger partial charge in [0.25, 0.3) is 0 Å². The molecule has 0 radical (unpaired) electrons. The summed E-state index contributed by atoms with van der Waals surface area (Å²) >= 11 is 0. The van der Waals surface area contributed by atoms with Crippen LogP contribution in [0.15, 0.2) is 18.2 Å². The summed E-state index contributed by atoms with van der Waals surface area (Å²) in [5, 5.41) is 20.5. The molecule has 2 saturated carbocycles. The number of hydrogen-bond donors (Lipinski definition) is 2. The number of fused-ring (bicyclic) bond motifs is 3. The molecular weight excluding hydrogens is 312 g/mol. The molecule has 3 atom stereocenters. The zero-order valence-electron chi connectivity index (χ0n) is 15.3. The van der Waals surface area contributed by atoms with Crippen LogP contribution in [0, 0.1) is 11.8 Å². The summed E-state index contributed by atoms with van der Waals surface area (Å²) in [7, 11) is 0. The highest BCUT2D eigenvalue weighted by molar-refractivity contribution is 5.88. The summed E-state index contributed by atoms with van der Waals surface area (Å²) < 4.78 is 0. The highest BCUT2D eigenvalue weighted by Gasteiger charge is 2.50. The summed E-state index contributed by atoms with van der Waals surface area (Å²) in [5.74, 6) is 0.443. The average molecular weight is 342 g/mol. The van der Waals surface area contributed by atoms with Crippen molar-refractivity contribution in [3.8, 4) is 0 Å². The Bertz CT molecular complexity index is 678. The van der Waals surface area contributed by atoms with Gasteiger partial charge in [0, 0.05) is 0 Å². The van der Waals surface area contributed by atoms with E-state index in [4.69, 9.17) is 0 Å². The second-order valence-corrected chi connectivity index (χ2v) is 8.85. The minimum absolute atomic E-state index is 0.124. The van der Waals surface area contributed by atoms with Crippen molar-refractivity contribution < 1.29 is 15.0 Å². The lowest BCUT2D eigenvalue weighted by Gasteiger charge is -2.50. The van der Waals surface area contributed by atoms with E-state index in [-0.39, 0.29) is 5.41 Å². The molecule has 0 aromatic heterocycles. The zero-order valence-corrected chi connectivity index (χ0v) is 15.3. The summed E-state index contributed by atoms with van der Waals surface area (Å²) in [5.41, 5.74) is 2.67. The lowest BCUT2D eigenvalue weighted by molar-refractivity contribution is -0.0573. The van der Waals surface area contributed by atoms with Gasteiger partial charge in [0.1, 0.15) is 0 Å². The first-order valence-electron chi connectivity index (χ1n) is 10.0. The van der Waals surface area contributed by atoms with Crippen LogP contribution in [0.3, 0.4) is 0 Å². The van der Waals surface area contributed by atoms with Gasteiger partial charge in [-0.25, -0.2) is 4.79 Å². The molecule has 2 N–H and O–H groups in total. The number of carbonyl (C=O) groups is 1. The summed E-state index contributed by atoms with van der Waals surface area (Å²) in [4.78, 5) is 11.4. The van der Waals surface area contributed by atoms with Gasteiger partial charge in [-0.1, -0.05) is 25.8 Å². The second-order valence-electron chi connectivity index (χ2n) is 8.85. The number of carboxylic acids is 1. The first kappa shape index (κ1) is 17.1. The van der Waals surface area contributed by atoms with Crippen LogP contribution in [0.5, 0.6) is 0 Å². The Morgan fingerprint density at radius 3 is 2.72 bits per heavy atom. The predicted molar refractivity (Wildman–Crippen MR) is 97.9 cm³/mol. The van der Waals surface area contributed by atoms with Gasteiger partial charge >= 0.3 is 5.97 Å². The van der Waals surface area contributed by atoms with E-state index in [1.54, 1.807) is 6.07 Å². The molecule has 1 aromatic carbocycles. The minimum atomic E-state index is -0.836. The first-order chi connectivity index (χ1) is 12.0. The maximum atomic E-state index is 11.4. The van der Waals surface area contributed by atoms with Crippen molar-refractivity contribution in [3.05, 3.63) is 34.9 Å². The number of hydrogen-bond acceptors (Lipinski definition) is 2. The fraction of sp³-hybridized carbons (Fsp3) is 0.682. The molecule has 3 aliphatic rings. The highest BCUT2D eigenvalue weighted by Crippen LogP contribution is 2.55. The van der Waals surface area contributed by atoms with Crippen LogP contribution >= 0.6 is 0 Å². The molecule has 25 heavy (non-hydrogen) atoms. The molecule has 0 amide bonds. The molecule has 0 unspecified atom stereocenters. The van der Waals surface area contributed by atoms with E-state index in [0.29, 0.717) is 11.5 Å². The molecule has 3 aliphatic carbocycles. The van der Waals surface area contributed by atoms with E-state index in [2.05, 4.69) is 13.0 Å². The number of rotatable bonds is 4. The molecule has 0 bridgehead atoms. The van der Waals surface area contributed by atoms with Gasteiger partial charge in [0.2, 0.25) is 0 Å². The molecule has 4 rings (SSSR count). The van der Waals surface area contributed by atoms with Gasteiger partial charge < -0.3 is 10.2 Å². The van der Waals surface area contributed by atoms with Crippen molar-refractivity contribution in [1.29, 1.82) is 0 Å². The summed E-state index contributed by atoms with van der Waals surface area (Å²) in [6, 6.07) is 5.78. The number of benzene rings is 1. The van der Waals surface area contributed by atoms with Gasteiger partial charge in [0.15, 0.2) is 0 Å². The van der Waals surface area contributed by atoms with Crippen molar-refractivity contribution in [3.63, 3.8) is 0 Å². The summed E-state index contributed by atoms with van der Waals surface area (Å²) in [6.45, 7) is 2.28. The molecule has 0 saturated heterocycles. The van der Waals surface area contributed by atoms with Crippen LogP contribution in [-0.4, -0.2) is 21.8 Å². The second kappa shape index (κ2) is 6.12. The molecule has 3 heteroatoms. The van der Waals surface area contributed by atoms with Crippen LogP contribution in [0.25, 0.3) is 0 Å². The zero-order chi connectivity index (χ0) is 17.7. The van der Waals surface area contributed by atoms with Crippen molar-refractivity contribution in [2.24, 2.45) is 11.8 Å². The average Bonchev–Trinajstić information content (AvgIpc) is 3.40. The Kier molecular flexibility index (Phi) is 4.18. The molecular formula is C22H30O3. The van der Waals surface area contributed by atoms with Crippen LogP contribution in [-0.2, 0) is 11.8 Å². The van der Waals surface area contributed by atoms with Crippen molar-refractivity contribution >= 4 is 5.97 Å². The van der Waals surface area contributed by atoms with E-state index in [1.807, 2.05) is 6.07 Å². The van der Waals surface area contributed by atoms with E-state index in [0.717, 1.165) is 57.3 Å². The van der Waals surface area contributed by atoms with Gasteiger partial charge in [-0.2, -0.15) is 0 Å². The van der Waals surface area contributed by atoms with Gasteiger partial charge in [0.05, 0.1) is 11.2 Å². The fourth-order valence-corrected chi connectivity index (χ4v) is 5.81. The van der Waals surface area contributed by atoms with Crippen LogP contribution in [0.2, 0.25) is 0 Å². The van der Waals surface area contributed by atoms with E-state index in [1.165, 1.54) is 24.0 Å². The maximum absolute atomic E-state index is 11.4. The Balaban J connectivity index is 1.69. The monoisotopic (exact) mass is 342 g/mol. The van der Waals surface area contributed by atoms with E-state index in [9.17, 15) is 15.0 Å². The Morgan fingerprint density at radius 1 is 1.24 bits per heavy atom. The minimum Gasteiger partial charge on any atom is -0.478 e. The predicted octanol–water partition coefficient (Wildman–Crippen LogP) is 4.70. The molecule has 2 fully saturated rings. The third kappa shape index (κ3) is 3.01. The highest BCUT2D eigenvalue weighted by atomic mass is 16.4. The normalized spacial score (nSPS) is 34.7. The van der Waals surface area contributed by atoms with Crippen molar-refractivity contribution in [2.75, 3.05) is 0 Å². The molecule has 1 aromatic rings. The maximum Gasteiger partial charge on any atom is 0.335 e. The van der Waals surface area contributed by atoms with Crippen LogP contribution < -0.4 is 0 Å². The lowest BCUT2D eigenvalue weighted by Crippen LogP contribution is -2.47. The van der Waals surface area contributed by atoms with Crippen LogP contribution in [0.1, 0.15) is 86.2 Å². The van der Waals surface area contributed by atoms with Crippen molar-refractivity contribution in [1.82, 2.24) is 0 Å². The lowest BCUT2D eigenvalue weighted by atomic mass is 9.56. The Morgan fingerprint density at radius 2 is 2.04 bits per heavy atom. The molecule has 0 heterocycles. The number of aryl methyl sites for hydroxylation is 1. The quantitative estimate of drug-likeness (QED) is 0.834. The SMILES string of the molecule is CC[C@@]12CC[C@](O)(CC3CC3)C[C@@H]1CCCc1cc(C(=O)O)ccc12. The van der Waals surface area contributed by atoms with E-state index < -0.39 is 11.6 Å². The molecule has 136 valence electrons.